The van der Waals surface area contributed by atoms with Crippen LogP contribution in [0.15, 0.2) is 48.5 Å². The summed E-state index contributed by atoms with van der Waals surface area (Å²) in [6.45, 7) is 5.83. The van der Waals surface area contributed by atoms with E-state index >= 15 is 0 Å². The Morgan fingerprint density at radius 2 is 1.32 bits per heavy atom. The molecular weight excluding hydrogens is 700 g/mol. The van der Waals surface area contributed by atoms with Crippen LogP contribution < -0.4 is 3.25 Å². The molecular formula is C24H17F2IN3Tl. The minimum absolute atomic E-state index is 0.383. The van der Waals surface area contributed by atoms with Crippen LogP contribution in [0.1, 0.15) is 17.0 Å². The van der Waals surface area contributed by atoms with Crippen LogP contribution in [0.2, 0.25) is 0 Å². The predicted molar refractivity (Wildman–Crippen MR) is 128 cm³/mol. The molecule has 3 nitrogen and oxygen atoms in total. The molecule has 0 aliphatic carbocycles. The fraction of sp³-hybridized carbons (Fsp3) is 0.125. The summed E-state index contributed by atoms with van der Waals surface area (Å²) in [5.74, 6) is -1.06. The van der Waals surface area contributed by atoms with Crippen molar-refractivity contribution >= 4 is 51.6 Å². The van der Waals surface area contributed by atoms with E-state index in [1.165, 1.54) is 0 Å². The van der Waals surface area contributed by atoms with Gasteiger partial charge in [-0.05, 0) is 0 Å². The molecule has 0 spiro atoms. The van der Waals surface area contributed by atoms with Crippen molar-refractivity contribution in [3.05, 3.63) is 81.1 Å². The number of hydrogen-bond acceptors (Lipinski definition) is 3. The van der Waals surface area contributed by atoms with Gasteiger partial charge in [-0.2, -0.15) is 0 Å². The number of aryl methyl sites for hydroxylation is 2. The van der Waals surface area contributed by atoms with Crippen LogP contribution >= 0.6 is 22.6 Å². The van der Waals surface area contributed by atoms with Gasteiger partial charge >= 0.3 is 211 Å². The molecule has 1 aromatic carbocycles. The van der Waals surface area contributed by atoms with Gasteiger partial charge in [0.2, 0.25) is 0 Å². The monoisotopic (exact) mass is 717 g/mol. The molecule has 0 atom stereocenters. The third kappa shape index (κ3) is 4.55. The SMILES string of the molecule is Cc1ccc(-c2cc(-c3cc[c]([Tl])nc3F)cc(-c3ccc(I)nc3F)c2C)c(C)n1. The van der Waals surface area contributed by atoms with Crippen molar-refractivity contribution in [2.45, 2.75) is 20.8 Å². The molecule has 0 fully saturated rings. The first-order valence-electron chi connectivity index (χ1n) is 9.58. The normalized spacial score (nSPS) is 11.0. The Balaban J connectivity index is 2.05. The summed E-state index contributed by atoms with van der Waals surface area (Å²) >= 11 is 2.43. The zero-order chi connectivity index (χ0) is 22.3. The van der Waals surface area contributed by atoms with Crippen molar-refractivity contribution in [2.24, 2.45) is 0 Å². The Morgan fingerprint density at radius 3 is 1.97 bits per heavy atom. The van der Waals surface area contributed by atoms with E-state index in [-0.39, 0.29) is 0 Å². The zero-order valence-corrected chi connectivity index (χ0v) is 23.8. The van der Waals surface area contributed by atoms with Crippen molar-refractivity contribution < 1.29 is 8.78 Å². The quantitative estimate of drug-likeness (QED) is 0.161. The van der Waals surface area contributed by atoms with E-state index in [0.717, 1.165) is 31.3 Å². The molecule has 0 radical (unpaired) electrons. The number of benzene rings is 1. The van der Waals surface area contributed by atoms with Gasteiger partial charge in [-0.15, -0.1) is 0 Å². The van der Waals surface area contributed by atoms with Gasteiger partial charge in [0.25, 0.3) is 0 Å². The first-order valence-corrected chi connectivity index (χ1v) is 12.9. The summed E-state index contributed by atoms with van der Waals surface area (Å²) in [6, 6.07) is 14.8. The van der Waals surface area contributed by atoms with Gasteiger partial charge in [0.1, 0.15) is 0 Å². The molecule has 0 saturated carbocycles. The molecule has 0 aliphatic rings. The van der Waals surface area contributed by atoms with Crippen LogP contribution in [0.5, 0.6) is 0 Å². The minimum atomic E-state index is -0.549. The van der Waals surface area contributed by atoms with Crippen LogP contribution in [-0.4, -0.2) is 40.7 Å². The van der Waals surface area contributed by atoms with E-state index in [2.05, 4.69) is 15.0 Å². The van der Waals surface area contributed by atoms with Crippen LogP contribution in [0, 0.1) is 36.4 Å². The fourth-order valence-corrected chi connectivity index (χ4v) is 4.88. The second-order valence-corrected chi connectivity index (χ2v) is 10.7. The number of nitrogens with zero attached hydrogens (tertiary/aromatic N) is 3. The second-order valence-electron chi connectivity index (χ2n) is 7.33. The number of aromatic nitrogens is 3. The number of halogens is 3. The molecule has 4 rings (SSSR count). The molecule has 7 heteroatoms. The standard InChI is InChI=1S/C24H17F2IN3.Tl/c1-13-6-7-17(15(3)29-13)20-11-16(18-5-4-10-28-23(18)25)12-21(14(20)2)19-8-9-22(27)30-24(19)26;/h4-9,11-12H,1-3H3;. The summed E-state index contributed by atoms with van der Waals surface area (Å²) in [5.41, 5.74) is 6.56. The molecule has 0 amide bonds. The Labute approximate surface area is 209 Å². The molecule has 152 valence electrons. The second kappa shape index (κ2) is 8.97. The molecule has 0 saturated heterocycles. The molecule has 4 aromatic rings. The molecule has 0 unspecified atom stereocenters. The Hall–Kier alpha value is -1.82. The number of rotatable bonds is 3. The first kappa shape index (κ1) is 22.4. The molecule has 31 heavy (non-hydrogen) atoms. The Bertz CT molecular complexity index is 1250. The van der Waals surface area contributed by atoms with Crippen LogP contribution in [0.3, 0.4) is 0 Å². The van der Waals surface area contributed by atoms with Crippen molar-refractivity contribution in [3.63, 3.8) is 0 Å². The third-order valence-corrected chi connectivity index (χ3v) is 7.06. The van der Waals surface area contributed by atoms with E-state index in [4.69, 9.17) is 0 Å². The van der Waals surface area contributed by atoms with Gasteiger partial charge in [0, 0.05) is 0 Å². The molecule has 0 bridgehead atoms. The van der Waals surface area contributed by atoms with Crippen LogP contribution in [0.25, 0.3) is 33.4 Å². The summed E-state index contributed by atoms with van der Waals surface area (Å²) in [6.07, 6.45) is 0. The van der Waals surface area contributed by atoms with Crippen molar-refractivity contribution in [3.8, 4) is 33.4 Å². The maximum absolute atomic E-state index is 14.8. The molecule has 0 aliphatic heterocycles. The van der Waals surface area contributed by atoms with Gasteiger partial charge in [-0.25, -0.2) is 0 Å². The van der Waals surface area contributed by atoms with E-state index in [1.54, 1.807) is 18.2 Å². The van der Waals surface area contributed by atoms with Crippen LogP contribution in [-0.2, 0) is 0 Å². The summed E-state index contributed by atoms with van der Waals surface area (Å²) in [4.78, 5) is 12.6. The first-order chi connectivity index (χ1) is 14.7. The van der Waals surface area contributed by atoms with E-state index in [9.17, 15) is 8.78 Å². The Kier molecular flexibility index (Phi) is 6.47. The topological polar surface area (TPSA) is 38.7 Å². The molecule has 0 N–H and O–H groups in total. The summed E-state index contributed by atoms with van der Waals surface area (Å²) in [7, 11) is 0. The van der Waals surface area contributed by atoms with Gasteiger partial charge in [0.05, 0.1) is 0 Å². The zero-order valence-electron chi connectivity index (χ0n) is 17.2. The van der Waals surface area contributed by atoms with Gasteiger partial charge < -0.3 is 0 Å². The van der Waals surface area contributed by atoms with E-state index in [1.807, 2.05) is 73.7 Å². The summed E-state index contributed by atoms with van der Waals surface area (Å²) in [5, 5.41) is 0. The number of hydrogen-bond donors (Lipinski definition) is 0. The van der Waals surface area contributed by atoms with Crippen molar-refractivity contribution in [1.29, 1.82) is 0 Å². The molecule has 3 heterocycles. The van der Waals surface area contributed by atoms with Gasteiger partial charge in [-0.3, -0.25) is 0 Å². The number of pyridine rings is 3. The average Bonchev–Trinajstić information content (AvgIpc) is 2.69. The molecule has 3 aromatic heterocycles. The van der Waals surface area contributed by atoms with Crippen molar-refractivity contribution in [2.75, 3.05) is 0 Å². The third-order valence-electron chi connectivity index (χ3n) is 5.21. The fourth-order valence-electron chi connectivity index (χ4n) is 3.68. The van der Waals surface area contributed by atoms with Gasteiger partial charge in [-0.1, -0.05) is 0 Å². The van der Waals surface area contributed by atoms with Crippen LogP contribution in [0.4, 0.5) is 8.78 Å². The van der Waals surface area contributed by atoms with Crippen molar-refractivity contribution in [1.82, 2.24) is 15.0 Å². The Morgan fingerprint density at radius 1 is 0.710 bits per heavy atom. The summed E-state index contributed by atoms with van der Waals surface area (Å²) < 4.78 is 31.0. The maximum atomic E-state index is 14.8. The van der Waals surface area contributed by atoms with E-state index < -0.39 is 11.9 Å². The predicted octanol–water partition coefficient (Wildman–Crippen LogP) is 5.47. The van der Waals surface area contributed by atoms with Gasteiger partial charge in [0.15, 0.2) is 0 Å². The average molecular weight is 717 g/mol. The van der Waals surface area contributed by atoms with E-state index in [0.29, 0.717) is 51.7 Å².